The highest BCUT2D eigenvalue weighted by molar-refractivity contribution is 9.10. The van der Waals surface area contributed by atoms with E-state index in [4.69, 9.17) is 4.74 Å². The molecule has 90 valence electrons. The highest BCUT2D eigenvalue weighted by atomic mass is 79.9. The molecule has 5 nitrogen and oxygen atoms in total. The van der Waals surface area contributed by atoms with E-state index in [1.807, 2.05) is 11.0 Å². The number of pyridine rings is 1. The molecule has 0 bridgehead atoms. The Morgan fingerprint density at radius 3 is 3.24 bits per heavy atom. The molecule has 17 heavy (non-hydrogen) atoms. The molecule has 1 N–H and O–H groups in total. The van der Waals surface area contributed by atoms with Crippen LogP contribution >= 0.6 is 15.9 Å². The fourth-order valence-electron chi connectivity index (χ4n) is 2.42. The van der Waals surface area contributed by atoms with Gasteiger partial charge >= 0.3 is 0 Å². The zero-order chi connectivity index (χ0) is 12.0. The Labute approximate surface area is 107 Å². The number of fused-ring (bicyclic) bond motifs is 3. The number of halogens is 1. The SMILES string of the molecule is COC1CC2C(=O)Nc3cc(Br)cnc3N2C1. The topological polar surface area (TPSA) is 54.5 Å². The minimum absolute atomic E-state index is 0.0250. The van der Waals surface area contributed by atoms with Crippen molar-refractivity contribution in [3.63, 3.8) is 0 Å². The summed E-state index contributed by atoms with van der Waals surface area (Å²) in [6.07, 6.45) is 2.56. The minimum atomic E-state index is -0.152. The lowest BCUT2D eigenvalue weighted by atomic mass is 10.1. The van der Waals surface area contributed by atoms with Gasteiger partial charge in [0.2, 0.25) is 5.91 Å². The molecule has 3 rings (SSSR count). The van der Waals surface area contributed by atoms with Crippen LogP contribution in [0.5, 0.6) is 0 Å². The van der Waals surface area contributed by atoms with Crippen LogP contribution in [0.3, 0.4) is 0 Å². The number of rotatable bonds is 1. The molecule has 1 fully saturated rings. The summed E-state index contributed by atoms with van der Waals surface area (Å²) < 4.78 is 6.19. The molecule has 0 radical (unpaired) electrons. The quantitative estimate of drug-likeness (QED) is 0.851. The lowest BCUT2D eigenvalue weighted by molar-refractivity contribution is -0.117. The van der Waals surface area contributed by atoms with Crippen LogP contribution in [-0.4, -0.2) is 36.7 Å². The average Bonchev–Trinajstić information content (AvgIpc) is 2.73. The predicted molar refractivity (Wildman–Crippen MR) is 67.1 cm³/mol. The number of hydrogen-bond donors (Lipinski definition) is 1. The Balaban J connectivity index is 2.01. The van der Waals surface area contributed by atoms with Gasteiger partial charge in [0.15, 0.2) is 5.82 Å². The van der Waals surface area contributed by atoms with Crippen molar-refractivity contribution < 1.29 is 9.53 Å². The molecule has 2 atom stereocenters. The second-order valence-electron chi connectivity index (χ2n) is 4.28. The highest BCUT2D eigenvalue weighted by Crippen LogP contribution is 2.36. The molecular weight excluding hydrogens is 286 g/mol. The van der Waals surface area contributed by atoms with E-state index >= 15 is 0 Å². The zero-order valence-corrected chi connectivity index (χ0v) is 10.9. The molecule has 1 amide bonds. The van der Waals surface area contributed by atoms with Gasteiger partial charge in [-0.3, -0.25) is 4.79 Å². The van der Waals surface area contributed by atoms with E-state index in [0.717, 1.165) is 28.9 Å². The van der Waals surface area contributed by atoms with Crippen molar-refractivity contribution in [2.24, 2.45) is 0 Å². The number of aromatic nitrogens is 1. The Kier molecular flexibility index (Phi) is 2.56. The van der Waals surface area contributed by atoms with Gasteiger partial charge in [0.25, 0.3) is 0 Å². The van der Waals surface area contributed by atoms with Gasteiger partial charge in [-0.25, -0.2) is 4.98 Å². The van der Waals surface area contributed by atoms with Crippen molar-refractivity contribution in [1.82, 2.24) is 4.98 Å². The molecular formula is C11H12BrN3O2. The normalized spacial score (nSPS) is 26.5. The molecule has 2 unspecified atom stereocenters. The summed E-state index contributed by atoms with van der Waals surface area (Å²) in [4.78, 5) is 18.4. The van der Waals surface area contributed by atoms with E-state index in [1.165, 1.54) is 0 Å². The molecule has 1 aromatic heterocycles. The Morgan fingerprint density at radius 2 is 2.47 bits per heavy atom. The average molecular weight is 298 g/mol. The van der Waals surface area contributed by atoms with Crippen molar-refractivity contribution in [2.45, 2.75) is 18.6 Å². The van der Waals surface area contributed by atoms with Crippen LogP contribution in [0.4, 0.5) is 11.5 Å². The van der Waals surface area contributed by atoms with Crippen molar-refractivity contribution in [3.8, 4) is 0 Å². The van der Waals surface area contributed by atoms with Gasteiger partial charge in [0, 0.05) is 30.7 Å². The summed E-state index contributed by atoms with van der Waals surface area (Å²) in [5.41, 5.74) is 0.761. The minimum Gasteiger partial charge on any atom is -0.380 e. The third-order valence-electron chi connectivity index (χ3n) is 3.26. The van der Waals surface area contributed by atoms with Crippen LogP contribution in [-0.2, 0) is 9.53 Å². The van der Waals surface area contributed by atoms with E-state index in [9.17, 15) is 4.79 Å². The maximum absolute atomic E-state index is 12.0. The van der Waals surface area contributed by atoms with E-state index < -0.39 is 0 Å². The van der Waals surface area contributed by atoms with E-state index in [0.29, 0.717) is 0 Å². The predicted octanol–water partition coefficient (Wildman–Crippen LogP) is 1.39. The molecule has 3 heterocycles. The number of anilines is 2. The molecule has 0 spiro atoms. The fraction of sp³-hybridized carbons (Fsp3) is 0.455. The van der Waals surface area contributed by atoms with Crippen molar-refractivity contribution in [3.05, 3.63) is 16.7 Å². The molecule has 0 aliphatic carbocycles. The van der Waals surface area contributed by atoms with E-state index in [2.05, 4.69) is 26.2 Å². The number of carbonyl (C=O) groups is 1. The molecule has 1 aromatic rings. The van der Waals surface area contributed by atoms with Gasteiger partial charge in [-0.15, -0.1) is 0 Å². The van der Waals surface area contributed by atoms with Gasteiger partial charge < -0.3 is 15.0 Å². The summed E-state index contributed by atoms with van der Waals surface area (Å²) >= 11 is 3.35. The van der Waals surface area contributed by atoms with Crippen molar-refractivity contribution in [2.75, 3.05) is 23.9 Å². The first kappa shape index (κ1) is 11.0. The van der Waals surface area contributed by atoms with Gasteiger partial charge in [0.1, 0.15) is 6.04 Å². The standard InChI is InChI=1S/C11H12BrN3O2/c1-17-7-3-9-11(16)14-8-2-6(12)4-13-10(8)15(9)5-7/h2,4,7,9H,3,5H2,1H3,(H,14,16). The maximum Gasteiger partial charge on any atom is 0.247 e. The number of amides is 1. The lowest BCUT2D eigenvalue weighted by Gasteiger charge is -2.31. The summed E-state index contributed by atoms with van der Waals surface area (Å²) in [7, 11) is 1.68. The van der Waals surface area contributed by atoms with E-state index in [1.54, 1.807) is 13.3 Å². The summed E-state index contributed by atoms with van der Waals surface area (Å²) in [5, 5.41) is 2.89. The molecule has 6 heteroatoms. The van der Waals surface area contributed by atoms with Gasteiger partial charge in [0.05, 0.1) is 11.8 Å². The number of nitrogens with zero attached hydrogens (tertiary/aromatic N) is 2. The molecule has 2 aliphatic heterocycles. The first-order valence-corrected chi connectivity index (χ1v) is 6.24. The smallest absolute Gasteiger partial charge is 0.247 e. The first-order valence-electron chi connectivity index (χ1n) is 5.45. The van der Waals surface area contributed by atoms with Crippen LogP contribution in [0, 0.1) is 0 Å². The Hall–Kier alpha value is -1.14. The Bertz CT molecular complexity index is 480. The summed E-state index contributed by atoms with van der Waals surface area (Å²) in [6, 6.07) is 1.72. The first-order chi connectivity index (χ1) is 8.19. The van der Waals surface area contributed by atoms with Crippen LogP contribution in [0.1, 0.15) is 6.42 Å². The van der Waals surface area contributed by atoms with Crippen LogP contribution in [0.15, 0.2) is 16.7 Å². The van der Waals surface area contributed by atoms with Crippen molar-refractivity contribution in [1.29, 1.82) is 0 Å². The highest BCUT2D eigenvalue weighted by Gasteiger charge is 2.41. The molecule has 0 aromatic carbocycles. The Morgan fingerprint density at radius 1 is 1.65 bits per heavy atom. The third-order valence-corrected chi connectivity index (χ3v) is 3.70. The lowest BCUT2D eigenvalue weighted by Crippen LogP contribution is -2.44. The number of methoxy groups -OCH3 is 1. The number of nitrogens with one attached hydrogen (secondary N) is 1. The molecule has 1 saturated heterocycles. The fourth-order valence-corrected chi connectivity index (χ4v) is 2.75. The monoisotopic (exact) mass is 297 g/mol. The molecule has 2 aliphatic rings. The number of hydrogen-bond acceptors (Lipinski definition) is 4. The van der Waals surface area contributed by atoms with Gasteiger partial charge in [-0.2, -0.15) is 0 Å². The molecule has 0 saturated carbocycles. The number of carbonyl (C=O) groups excluding carboxylic acids is 1. The second-order valence-corrected chi connectivity index (χ2v) is 5.19. The summed E-state index contributed by atoms with van der Waals surface area (Å²) in [6.45, 7) is 0.718. The zero-order valence-electron chi connectivity index (χ0n) is 9.31. The third kappa shape index (κ3) is 1.71. The summed E-state index contributed by atoms with van der Waals surface area (Å²) in [5.74, 6) is 0.856. The maximum atomic E-state index is 12.0. The van der Waals surface area contributed by atoms with Crippen LogP contribution in [0.25, 0.3) is 0 Å². The van der Waals surface area contributed by atoms with Crippen LogP contribution in [0.2, 0.25) is 0 Å². The largest absolute Gasteiger partial charge is 0.380 e. The van der Waals surface area contributed by atoms with E-state index in [-0.39, 0.29) is 18.1 Å². The second kappa shape index (κ2) is 3.96. The number of ether oxygens (including phenoxy) is 1. The van der Waals surface area contributed by atoms with Crippen LogP contribution < -0.4 is 10.2 Å². The van der Waals surface area contributed by atoms with Gasteiger partial charge in [-0.1, -0.05) is 0 Å². The van der Waals surface area contributed by atoms with Crippen molar-refractivity contribution >= 4 is 33.3 Å². The van der Waals surface area contributed by atoms with Gasteiger partial charge in [-0.05, 0) is 22.0 Å².